The first-order valence-corrected chi connectivity index (χ1v) is 9.16. The molecule has 2 N–H and O–H groups in total. The summed E-state index contributed by atoms with van der Waals surface area (Å²) in [7, 11) is 0. The second kappa shape index (κ2) is 6.91. The van der Waals surface area contributed by atoms with Crippen molar-refractivity contribution in [2.24, 2.45) is 0 Å². The molecule has 29 heavy (non-hydrogen) atoms. The number of nitrogens with one attached hydrogen (secondary N) is 2. The van der Waals surface area contributed by atoms with Crippen LogP contribution >= 0.6 is 0 Å². The monoisotopic (exact) mass is 385 g/mol. The second-order valence-electron chi connectivity index (χ2n) is 6.73. The number of ether oxygens (including phenoxy) is 1. The van der Waals surface area contributed by atoms with Crippen LogP contribution in [-0.4, -0.2) is 22.5 Å². The Kier molecular flexibility index (Phi) is 4.09. The van der Waals surface area contributed by atoms with Crippen LogP contribution in [0.2, 0.25) is 0 Å². The molecule has 0 bridgehead atoms. The van der Waals surface area contributed by atoms with Crippen molar-refractivity contribution in [1.29, 1.82) is 0 Å². The number of hydrogen-bond acceptors (Lipinski definition) is 3. The van der Waals surface area contributed by atoms with E-state index in [1.165, 1.54) is 12.1 Å². The van der Waals surface area contributed by atoms with Gasteiger partial charge in [0.05, 0.1) is 17.1 Å². The quantitative estimate of drug-likeness (QED) is 0.528. The molecule has 0 saturated carbocycles. The topological polar surface area (TPSA) is 67.0 Å². The molecule has 1 aliphatic heterocycles. The zero-order valence-corrected chi connectivity index (χ0v) is 15.3. The molecule has 0 aliphatic carbocycles. The fraction of sp³-hybridized carbons (Fsp3) is 0.0435. The third-order valence-electron chi connectivity index (χ3n) is 4.77. The number of rotatable bonds is 3. The number of carbonyl (C=O) groups excluding carboxylic acids is 1. The van der Waals surface area contributed by atoms with E-state index in [4.69, 9.17) is 9.72 Å². The van der Waals surface area contributed by atoms with Gasteiger partial charge in [0.25, 0.3) is 5.91 Å². The minimum Gasteiger partial charge on any atom is -0.482 e. The Labute approximate surface area is 166 Å². The minimum atomic E-state index is -0.297. The molecule has 1 aliphatic rings. The van der Waals surface area contributed by atoms with Gasteiger partial charge in [-0.2, -0.15) is 0 Å². The maximum atomic E-state index is 13.3. The van der Waals surface area contributed by atoms with Gasteiger partial charge in [-0.05, 0) is 42.5 Å². The standard InChI is InChI=1S/C23H16FN3O2/c24-17-9-6-15(7-10-17)23-26-21(14-4-2-1-3-5-14)22(27-23)16-8-11-19-18(12-16)25-20(28)13-29-19/h1-12H,13H2,(H,25,28)(H,26,27). The molecule has 1 aromatic heterocycles. The zero-order valence-electron chi connectivity index (χ0n) is 15.3. The summed E-state index contributed by atoms with van der Waals surface area (Å²) >= 11 is 0. The number of carbonyl (C=O) groups is 1. The molecule has 0 radical (unpaired) electrons. The lowest BCUT2D eigenvalue weighted by Crippen LogP contribution is -2.25. The predicted molar refractivity (Wildman–Crippen MR) is 109 cm³/mol. The number of amides is 1. The van der Waals surface area contributed by atoms with Crippen molar-refractivity contribution in [3.05, 3.63) is 78.6 Å². The van der Waals surface area contributed by atoms with E-state index < -0.39 is 0 Å². The van der Waals surface area contributed by atoms with Crippen molar-refractivity contribution in [2.75, 3.05) is 11.9 Å². The van der Waals surface area contributed by atoms with Crippen LogP contribution in [0.3, 0.4) is 0 Å². The molecular formula is C23H16FN3O2. The molecule has 0 unspecified atom stereocenters. The molecular weight excluding hydrogens is 369 g/mol. The summed E-state index contributed by atoms with van der Waals surface area (Å²) in [5.74, 6) is 0.780. The Balaban J connectivity index is 1.66. The van der Waals surface area contributed by atoms with Gasteiger partial charge in [-0.25, -0.2) is 9.37 Å². The van der Waals surface area contributed by atoms with Gasteiger partial charge in [-0.15, -0.1) is 0 Å². The van der Waals surface area contributed by atoms with Crippen LogP contribution in [0.15, 0.2) is 72.8 Å². The second-order valence-corrected chi connectivity index (χ2v) is 6.73. The van der Waals surface area contributed by atoms with Crippen LogP contribution in [0.4, 0.5) is 10.1 Å². The van der Waals surface area contributed by atoms with Gasteiger partial charge < -0.3 is 15.0 Å². The number of hydrogen-bond donors (Lipinski definition) is 2. The fourth-order valence-corrected chi connectivity index (χ4v) is 3.37. The molecule has 6 heteroatoms. The molecule has 4 aromatic rings. The first-order valence-electron chi connectivity index (χ1n) is 9.16. The van der Waals surface area contributed by atoms with E-state index in [9.17, 15) is 9.18 Å². The molecule has 0 spiro atoms. The van der Waals surface area contributed by atoms with Crippen LogP contribution in [0, 0.1) is 5.82 Å². The first-order chi connectivity index (χ1) is 14.2. The van der Waals surface area contributed by atoms with E-state index in [1.54, 1.807) is 12.1 Å². The number of anilines is 1. The summed E-state index contributed by atoms with van der Waals surface area (Å²) in [6, 6.07) is 21.6. The molecule has 5 nitrogen and oxygen atoms in total. The molecule has 3 aromatic carbocycles. The van der Waals surface area contributed by atoms with Crippen molar-refractivity contribution < 1.29 is 13.9 Å². The van der Waals surface area contributed by atoms with Gasteiger partial charge in [-0.3, -0.25) is 4.79 Å². The minimum absolute atomic E-state index is 0.0126. The first kappa shape index (κ1) is 17.2. The van der Waals surface area contributed by atoms with Gasteiger partial charge in [0, 0.05) is 16.7 Å². The third-order valence-corrected chi connectivity index (χ3v) is 4.77. The normalized spacial score (nSPS) is 12.8. The van der Waals surface area contributed by atoms with Gasteiger partial charge in [0.15, 0.2) is 6.61 Å². The highest BCUT2D eigenvalue weighted by atomic mass is 19.1. The summed E-state index contributed by atoms with van der Waals surface area (Å²) in [5, 5.41) is 2.83. The van der Waals surface area contributed by atoms with Crippen LogP contribution < -0.4 is 10.1 Å². The molecule has 1 amide bonds. The van der Waals surface area contributed by atoms with Crippen LogP contribution in [0.1, 0.15) is 0 Å². The smallest absolute Gasteiger partial charge is 0.262 e. The fourth-order valence-electron chi connectivity index (χ4n) is 3.37. The highest BCUT2D eigenvalue weighted by molar-refractivity contribution is 5.96. The largest absolute Gasteiger partial charge is 0.482 e. The van der Waals surface area contributed by atoms with E-state index in [1.807, 2.05) is 48.5 Å². The van der Waals surface area contributed by atoms with Crippen molar-refractivity contribution in [1.82, 2.24) is 9.97 Å². The number of fused-ring (bicyclic) bond motifs is 1. The number of halogens is 1. The SMILES string of the molecule is O=C1COc2ccc(-c3nc(-c4ccc(F)cc4)[nH]c3-c3ccccc3)cc2N1. The van der Waals surface area contributed by atoms with E-state index in [2.05, 4.69) is 10.3 Å². The average Bonchev–Trinajstić information content (AvgIpc) is 3.20. The van der Waals surface area contributed by atoms with Crippen LogP contribution in [0.25, 0.3) is 33.9 Å². The van der Waals surface area contributed by atoms with Gasteiger partial charge in [-0.1, -0.05) is 30.3 Å². The van der Waals surface area contributed by atoms with Crippen LogP contribution in [0.5, 0.6) is 5.75 Å². The number of imidazole rings is 1. The lowest BCUT2D eigenvalue weighted by Gasteiger charge is -2.18. The number of aromatic nitrogens is 2. The Morgan fingerprint density at radius 2 is 1.66 bits per heavy atom. The van der Waals surface area contributed by atoms with Crippen molar-refractivity contribution in [3.63, 3.8) is 0 Å². The van der Waals surface area contributed by atoms with Crippen molar-refractivity contribution in [3.8, 4) is 39.7 Å². The highest BCUT2D eigenvalue weighted by Crippen LogP contribution is 2.37. The summed E-state index contributed by atoms with van der Waals surface area (Å²) in [6.07, 6.45) is 0. The summed E-state index contributed by atoms with van der Waals surface area (Å²) < 4.78 is 18.8. The van der Waals surface area contributed by atoms with Crippen molar-refractivity contribution in [2.45, 2.75) is 0 Å². The highest BCUT2D eigenvalue weighted by Gasteiger charge is 2.20. The van der Waals surface area contributed by atoms with Gasteiger partial charge in [0.1, 0.15) is 17.4 Å². The van der Waals surface area contributed by atoms with E-state index in [0.29, 0.717) is 17.3 Å². The van der Waals surface area contributed by atoms with E-state index in [0.717, 1.165) is 28.1 Å². The molecule has 2 heterocycles. The Morgan fingerprint density at radius 1 is 0.897 bits per heavy atom. The Hall–Kier alpha value is -3.93. The number of H-pyrrole nitrogens is 1. The van der Waals surface area contributed by atoms with Crippen LogP contribution in [-0.2, 0) is 4.79 Å². The zero-order chi connectivity index (χ0) is 19.8. The molecule has 142 valence electrons. The summed E-state index contributed by atoms with van der Waals surface area (Å²) in [4.78, 5) is 19.9. The van der Waals surface area contributed by atoms with Crippen molar-refractivity contribution >= 4 is 11.6 Å². The molecule has 0 fully saturated rings. The lowest BCUT2D eigenvalue weighted by atomic mass is 10.0. The predicted octanol–water partition coefficient (Wildman–Crippen LogP) is 4.88. The van der Waals surface area contributed by atoms with E-state index in [-0.39, 0.29) is 18.3 Å². The third kappa shape index (κ3) is 3.25. The number of benzene rings is 3. The molecule has 0 saturated heterocycles. The summed E-state index contributed by atoms with van der Waals surface area (Å²) in [6.45, 7) is 0.0126. The lowest BCUT2D eigenvalue weighted by molar-refractivity contribution is -0.118. The number of nitrogens with zero attached hydrogens (tertiary/aromatic N) is 1. The Morgan fingerprint density at radius 3 is 2.45 bits per heavy atom. The maximum Gasteiger partial charge on any atom is 0.262 e. The maximum absolute atomic E-state index is 13.3. The van der Waals surface area contributed by atoms with E-state index >= 15 is 0 Å². The Bertz CT molecular complexity index is 1200. The summed E-state index contributed by atoms with van der Waals surface area (Å²) in [5.41, 5.74) is 4.78. The molecule has 5 rings (SSSR count). The molecule has 0 atom stereocenters. The number of aromatic amines is 1. The van der Waals surface area contributed by atoms with Gasteiger partial charge in [0.2, 0.25) is 0 Å². The van der Waals surface area contributed by atoms with Gasteiger partial charge >= 0.3 is 0 Å². The average molecular weight is 385 g/mol.